The van der Waals surface area contributed by atoms with Gasteiger partial charge in [-0.3, -0.25) is 0 Å². The second-order valence-electron chi connectivity index (χ2n) is 6.36. The Morgan fingerprint density at radius 2 is 1.42 bits per heavy atom. The molecular weight excluding hydrogens is 292 g/mol. The average Bonchev–Trinajstić information content (AvgIpc) is 2.65. The van der Waals surface area contributed by atoms with E-state index >= 15 is 0 Å². The van der Waals surface area contributed by atoms with Crippen LogP contribution in [-0.4, -0.2) is 39.3 Å². The SMILES string of the molecule is C(#Cc1ccccc1)C[NH+]1CC[NH+](CC=Cc2ccccc2)CC1. The van der Waals surface area contributed by atoms with Crippen LogP contribution in [0.3, 0.4) is 0 Å². The standard InChI is InChI=1S/C22H24N2/c1-3-9-21(10-4-1)13-7-15-23-17-19-24(20-18-23)16-8-14-22-11-5-2-6-12-22/h1-7,9-13H,15-20H2/p+2. The highest BCUT2D eigenvalue weighted by molar-refractivity contribution is 5.48. The van der Waals surface area contributed by atoms with E-state index in [1.165, 1.54) is 31.7 Å². The first-order chi connectivity index (χ1) is 11.9. The van der Waals surface area contributed by atoms with Gasteiger partial charge >= 0.3 is 0 Å². The fraction of sp³-hybridized carbons (Fsp3) is 0.273. The molecule has 1 aliphatic heterocycles. The predicted molar refractivity (Wildman–Crippen MR) is 99.9 cm³/mol. The summed E-state index contributed by atoms with van der Waals surface area (Å²) in [6, 6.07) is 20.8. The van der Waals surface area contributed by atoms with Gasteiger partial charge in [-0.2, -0.15) is 0 Å². The topological polar surface area (TPSA) is 8.88 Å². The van der Waals surface area contributed by atoms with E-state index in [4.69, 9.17) is 0 Å². The molecule has 0 atom stereocenters. The van der Waals surface area contributed by atoms with E-state index in [1.54, 1.807) is 9.80 Å². The largest absolute Gasteiger partial charge is 0.322 e. The van der Waals surface area contributed by atoms with Gasteiger partial charge in [-0.1, -0.05) is 60.5 Å². The molecule has 1 fully saturated rings. The van der Waals surface area contributed by atoms with Crippen molar-refractivity contribution >= 4 is 6.08 Å². The minimum absolute atomic E-state index is 0.960. The van der Waals surface area contributed by atoms with Crippen molar-refractivity contribution in [1.82, 2.24) is 0 Å². The van der Waals surface area contributed by atoms with Crippen molar-refractivity contribution in [3.05, 3.63) is 77.9 Å². The van der Waals surface area contributed by atoms with E-state index in [2.05, 4.69) is 66.5 Å². The summed E-state index contributed by atoms with van der Waals surface area (Å²) >= 11 is 0. The van der Waals surface area contributed by atoms with Crippen molar-refractivity contribution < 1.29 is 9.80 Å². The van der Waals surface area contributed by atoms with E-state index in [0.29, 0.717) is 0 Å². The Labute approximate surface area is 145 Å². The number of benzene rings is 2. The molecule has 2 nitrogen and oxygen atoms in total. The lowest BCUT2D eigenvalue weighted by atomic mass is 10.2. The third kappa shape index (κ3) is 5.38. The highest BCUT2D eigenvalue weighted by atomic mass is 15.3. The van der Waals surface area contributed by atoms with Crippen LogP contribution < -0.4 is 9.80 Å². The molecule has 0 spiro atoms. The molecule has 0 unspecified atom stereocenters. The van der Waals surface area contributed by atoms with Crippen molar-refractivity contribution in [3.63, 3.8) is 0 Å². The van der Waals surface area contributed by atoms with Crippen molar-refractivity contribution in [2.24, 2.45) is 0 Å². The highest BCUT2D eigenvalue weighted by Gasteiger charge is 2.20. The first-order valence-electron chi connectivity index (χ1n) is 8.83. The van der Waals surface area contributed by atoms with Crippen LogP contribution in [0.25, 0.3) is 6.08 Å². The van der Waals surface area contributed by atoms with E-state index in [1.807, 2.05) is 18.2 Å². The Morgan fingerprint density at radius 1 is 0.792 bits per heavy atom. The third-order valence-corrected chi connectivity index (χ3v) is 4.53. The van der Waals surface area contributed by atoms with Gasteiger partial charge in [0.15, 0.2) is 0 Å². The second kappa shape index (κ2) is 9.08. The summed E-state index contributed by atoms with van der Waals surface area (Å²) in [6.45, 7) is 7.00. The summed E-state index contributed by atoms with van der Waals surface area (Å²) in [5.41, 5.74) is 2.41. The predicted octanol–water partition coefficient (Wildman–Crippen LogP) is 0.535. The van der Waals surface area contributed by atoms with Crippen LogP contribution in [0.2, 0.25) is 0 Å². The molecule has 0 amide bonds. The molecule has 2 N–H and O–H groups in total. The lowest BCUT2D eigenvalue weighted by molar-refractivity contribution is -1.01. The number of hydrogen-bond donors (Lipinski definition) is 2. The number of rotatable bonds is 4. The summed E-state index contributed by atoms with van der Waals surface area (Å²) in [5.74, 6) is 6.61. The van der Waals surface area contributed by atoms with E-state index in [-0.39, 0.29) is 0 Å². The zero-order valence-electron chi connectivity index (χ0n) is 14.2. The minimum Gasteiger partial charge on any atom is -0.322 e. The molecule has 3 rings (SSSR count). The maximum atomic E-state index is 3.34. The van der Waals surface area contributed by atoms with Crippen LogP contribution in [0.4, 0.5) is 0 Å². The fourth-order valence-corrected chi connectivity index (χ4v) is 3.06. The van der Waals surface area contributed by atoms with Gasteiger partial charge < -0.3 is 9.80 Å². The lowest BCUT2D eigenvalue weighted by Crippen LogP contribution is -3.28. The van der Waals surface area contributed by atoms with Crippen molar-refractivity contribution in [2.75, 3.05) is 39.3 Å². The number of quaternary nitrogens is 2. The number of piperazine rings is 1. The first kappa shape index (κ1) is 16.5. The Kier molecular flexibility index (Phi) is 6.25. The monoisotopic (exact) mass is 318 g/mol. The van der Waals surface area contributed by atoms with Crippen LogP contribution in [0.5, 0.6) is 0 Å². The van der Waals surface area contributed by atoms with Gasteiger partial charge in [-0.15, -0.1) is 0 Å². The van der Waals surface area contributed by atoms with Crippen LogP contribution in [0, 0.1) is 11.8 Å². The molecule has 1 aliphatic rings. The summed E-state index contributed by atoms with van der Waals surface area (Å²) < 4.78 is 0. The first-order valence-corrected chi connectivity index (χ1v) is 8.83. The number of hydrogen-bond acceptors (Lipinski definition) is 0. The summed E-state index contributed by atoms with van der Waals surface area (Å²) in [5, 5.41) is 0. The van der Waals surface area contributed by atoms with Gasteiger partial charge in [0.25, 0.3) is 0 Å². The zero-order valence-corrected chi connectivity index (χ0v) is 14.2. The normalized spacial score (nSPS) is 20.5. The second-order valence-corrected chi connectivity index (χ2v) is 6.36. The Morgan fingerprint density at radius 3 is 2.12 bits per heavy atom. The summed E-state index contributed by atoms with van der Waals surface area (Å²) in [6.07, 6.45) is 4.54. The zero-order chi connectivity index (χ0) is 16.5. The van der Waals surface area contributed by atoms with Crippen LogP contribution >= 0.6 is 0 Å². The maximum absolute atomic E-state index is 3.34. The van der Waals surface area contributed by atoms with Gasteiger partial charge in [-0.25, -0.2) is 0 Å². The smallest absolute Gasteiger partial charge is 0.140 e. The van der Waals surface area contributed by atoms with Crippen LogP contribution in [0.1, 0.15) is 11.1 Å². The fourth-order valence-electron chi connectivity index (χ4n) is 3.06. The minimum atomic E-state index is 0.960. The van der Waals surface area contributed by atoms with Gasteiger partial charge in [0.1, 0.15) is 32.7 Å². The molecular formula is C22H26N2+2. The maximum Gasteiger partial charge on any atom is 0.140 e. The van der Waals surface area contributed by atoms with Gasteiger partial charge in [0.2, 0.25) is 0 Å². The Bertz CT molecular complexity index is 687. The average molecular weight is 318 g/mol. The highest BCUT2D eigenvalue weighted by Crippen LogP contribution is 1.99. The number of nitrogens with one attached hydrogen (secondary N) is 2. The van der Waals surface area contributed by atoms with Crippen molar-refractivity contribution in [1.29, 1.82) is 0 Å². The Balaban J connectivity index is 1.38. The quantitative estimate of drug-likeness (QED) is 0.761. The molecule has 0 aromatic heterocycles. The Hall–Kier alpha value is -2.34. The molecule has 2 aromatic rings. The molecule has 0 radical (unpaired) electrons. The molecule has 122 valence electrons. The van der Waals surface area contributed by atoms with Gasteiger partial charge in [-0.05, 0) is 29.7 Å². The van der Waals surface area contributed by atoms with E-state index in [0.717, 1.165) is 18.7 Å². The lowest BCUT2D eigenvalue weighted by Gasteiger charge is -2.27. The summed E-state index contributed by atoms with van der Waals surface area (Å²) in [7, 11) is 0. The van der Waals surface area contributed by atoms with Crippen LogP contribution in [0.15, 0.2) is 66.7 Å². The van der Waals surface area contributed by atoms with E-state index in [9.17, 15) is 0 Å². The molecule has 0 aliphatic carbocycles. The molecule has 1 saturated heterocycles. The van der Waals surface area contributed by atoms with Crippen LogP contribution in [-0.2, 0) is 0 Å². The molecule has 1 heterocycles. The van der Waals surface area contributed by atoms with Gasteiger partial charge in [0.05, 0.1) is 6.54 Å². The summed E-state index contributed by atoms with van der Waals surface area (Å²) in [4.78, 5) is 3.30. The van der Waals surface area contributed by atoms with Gasteiger partial charge in [0, 0.05) is 5.56 Å². The molecule has 24 heavy (non-hydrogen) atoms. The molecule has 2 aromatic carbocycles. The van der Waals surface area contributed by atoms with Crippen molar-refractivity contribution in [2.45, 2.75) is 0 Å². The molecule has 0 bridgehead atoms. The molecule has 2 heteroatoms. The van der Waals surface area contributed by atoms with Crippen molar-refractivity contribution in [3.8, 4) is 11.8 Å². The van der Waals surface area contributed by atoms with E-state index < -0.39 is 0 Å². The molecule has 0 saturated carbocycles. The third-order valence-electron chi connectivity index (χ3n) is 4.53.